The van der Waals surface area contributed by atoms with Crippen molar-refractivity contribution in [2.45, 2.75) is 31.7 Å². The predicted octanol–water partition coefficient (Wildman–Crippen LogP) is 2.95. The minimum atomic E-state index is -0.234. The molecule has 74 valence electrons. The second-order valence-electron chi connectivity index (χ2n) is 4.36. The normalized spacial score (nSPS) is 31.4. The van der Waals surface area contributed by atoms with Gasteiger partial charge in [-0.1, -0.05) is 17.7 Å². The Morgan fingerprint density at radius 3 is 2.93 bits per heavy atom. The molecule has 14 heavy (non-hydrogen) atoms. The zero-order chi connectivity index (χ0) is 9.92. The molecule has 0 saturated carbocycles. The fourth-order valence-electron chi connectivity index (χ4n) is 2.05. The molecule has 2 nitrogen and oxygen atoms in total. The number of ether oxygens (including phenoxy) is 2. The Hall–Kier alpha value is -0.730. The van der Waals surface area contributed by atoms with E-state index in [1.165, 1.54) is 0 Å². The van der Waals surface area contributed by atoms with Crippen molar-refractivity contribution in [2.75, 3.05) is 0 Å². The van der Waals surface area contributed by atoms with E-state index in [4.69, 9.17) is 21.1 Å². The summed E-state index contributed by atoms with van der Waals surface area (Å²) >= 11 is 5.91. The lowest BCUT2D eigenvalue weighted by atomic mass is 9.94. The van der Waals surface area contributed by atoms with Gasteiger partial charge in [0.1, 0.15) is 23.6 Å². The van der Waals surface area contributed by atoms with Crippen LogP contribution in [-0.2, 0) is 4.74 Å². The lowest BCUT2D eigenvalue weighted by molar-refractivity contribution is 0.0725. The van der Waals surface area contributed by atoms with Crippen molar-refractivity contribution in [3.8, 4) is 5.75 Å². The fourth-order valence-corrected chi connectivity index (χ4v) is 2.21. The summed E-state index contributed by atoms with van der Waals surface area (Å²) in [5.41, 5.74) is 0.890. The molecule has 0 aromatic heterocycles. The van der Waals surface area contributed by atoms with E-state index in [2.05, 4.69) is 0 Å². The van der Waals surface area contributed by atoms with Crippen LogP contribution in [0.2, 0.25) is 5.02 Å². The SMILES string of the molecule is CC1(C)Oc2cc(Cl)ccc2C2OC21. The molecule has 2 heterocycles. The van der Waals surface area contributed by atoms with Gasteiger partial charge in [0, 0.05) is 10.6 Å². The smallest absolute Gasteiger partial charge is 0.132 e. The van der Waals surface area contributed by atoms with E-state index in [9.17, 15) is 0 Å². The second-order valence-corrected chi connectivity index (χ2v) is 4.80. The van der Waals surface area contributed by atoms with Gasteiger partial charge < -0.3 is 9.47 Å². The van der Waals surface area contributed by atoms with Crippen LogP contribution in [0.3, 0.4) is 0 Å². The number of hydrogen-bond donors (Lipinski definition) is 0. The van der Waals surface area contributed by atoms with Gasteiger partial charge in [0.2, 0.25) is 0 Å². The fraction of sp³-hybridized carbons (Fsp3) is 0.455. The summed E-state index contributed by atoms with van der Waals surface area (Å²) in [7, 11) is 0. The maximum Gasteiger partial charge on any atom is 0.132 e. The van der Waals surface area contributed by atoms with Crippen LogP contribution in [0.5, 0.6) is 5.75 Å². The quantitative estimate of drug-likeness (QED) is 0.614. The molecule has 0 N–H and O–H groups in total. The number of epoxide rings is 1. The molecule has 2 aliphatic heterocycles. The zero-order valence-corrected chi connectivity index (χ0v) is 8.84. The minimum absolute atomic E-state index is 0.205. The van der Waals surface area contributed by atoms with E-state index in [0.29, 0.717) is 5.02 Å². The Bertz CT molecular complexity index is 400. The molecule has 1 aromatic rings. The van der Waals surface area contributed by atoms with E-state index in [0.717, 1.165) is 11.3 Å². The third-order valence-corrected chi connectivity index (χ3v) is 3.07. The van der Waals surface area contributed by atoms with Crippen molar-refractivity contribution in [1.29, 1.82) is 0 Å². The molecule has 0 amide bonds. The monoisotopic (exact) mass is 210 g/mol. The number of benzene rings is 1. The Morgan fingerprint density at radius 1 is 1.36 bits per heavy atom. The van der Waals surface area contributed by atoms with E-state index in [-0.39, 0.29) is 17.8 Å². The van der Waals surface area contributed by atoms with Crippen molar-refractivity contribution >= 4 is 11.6 Å². The number of rotatable bonds is 0. The molecular weight excluding hydrogens is 200 g/mol. The molecule has 0 radical (unpaired) electrons. The lowest BCUT2D eigenvalue weighted by Gasteiger charge is -2.29. The summed E-state index contributed by atoms with van der Waals surface area (Å²) < 4.78 is 11.4. The number of halogens is 1. The van der Waals surface area contributed by atoms with Gasteiger partial charge >= 0.3 is 0 Å². The van der Waals surface area contributed by atoms with E-state index in [1.54, 1.807) is 0 Å². The zero-order valence-electron chi connectivity index (χ0n) is 8.08. The number of hydrogen-bond acceptors (Lipinski definition) is 2. The van der Waals surface area contributed by atoms with Crippen LogP contribution in [0.4, 0.5) is 0 Å². The molecule has 0 aliphatic carbocycles. The van der Waals surface area contributed by atoms with Gasteiger partial charge in [-0.3, -0.25) is 0 Å². The van der Waals surface area contributed by atoms with Crippen LogP contribution < -0.4 is 4.74 Å². The number of fused-ring (bicyclic) bond motifs is 3. The van der Waals surface area contributed by atoms with Crippen molar-refractivity contribution < 1.29 is 9.47 Å². The van der Waals surface area contributed by atoms with Gasteiger partial charge in [-0.15, -0.1) is 0 Å². The first-order chi connectivity index (χ1) is 6.58. The van der Waals surface area contributed by atoms with E-state index < -0.39 is 0 Å². The Morgan fingerprint density at radius 2 is 2.14 bits per heavy atom. The lowest BCUT2D eigenvalue weighted by Crippen LogP contribution is -2.37. The highest BCUT2D eigenvalue weighted by Gasteiger charge is 2.56. The first kappa shape index (κ1) is 8.57. The molecule has 0 spiro atoms. The molecule has 2 unspecified atom stereocenters. The Labute approximate surface area is 87.8 Å². The molecular formula is C11H11ClO2. The van der Waals surface area contributed by atoms with E-state index >= 15 is 0 Å². The molecule has 1 aromatic carbocycles. The van der Waals surface area contributed by atoms with Crippen LogP contribution in [0.15, 0.2) is 18.2 Å². The van der Waals surface area contributed by atoms with Crippen LogP contribution in [0.1, 0.15) is 25.5 Å². The summed E-state index contributed by atoms with van der Waals surface area (Å²) in [6.07, 6.45) is 0.419. The topological polar surface area (TPSA) is 21.8 Å². The van der Waals surface area contributed by atoms with Crippen LogP contribution in [0.25, 0.3) is 0 Å². The summed E-state index contributed by atoms with van der Waals surface area (Å²) in [4.78, 5) is 0. The second kappa shape index (κ2) is 2.44. The maximum atomic E-state index is 5.91. The molecule has 1 fully saturated rings. The van der Waals surface area contributed by atoms with Gasteiger partial charge in [-0.05, 0) is 26.0 Å². The minimum Gasteiger partial charge on any atom is -0.485 e. The maximum absolute atomic E-state index is 5.91. The first-order valence-electron chi connectivity index (χ1n) is 4.72. The van der Waals surface area contributed by atoms with Crippen LogP contribution >= 0.6 is 11.6 Å². The predicted molar refractivity (Wildman–Crippen MR) is 53.8 cm³/mol. The Kier molecular flexibility index (Phi) is 1.49. The summed E-state index contributed by atoms with van der Waals surface area (Å²) in [5, 5.41) is 0.707. The molecule has 2 aliphatic rings. The largest absolute Gasteiger partial charge is 0.485 e. The summed E-state index contributed by atoms with van der Waals surface area (Å²) in [6.45, 7) is 4.09. The molecule has 0 bridgehead atoms. The summed E-state index contributed by atoms with van der Waals surface area (Å²) in [6, 6.07) is 5.72. The highest BCUT2D eigenvalue weighted by atomic mass is 35.5. The van der Waals surface area contributed by atoms with Crippen molar-refractivity contribution in [3.05, 3.63) is 28.8 Å². The molecule has 3 heteroatoms. The van der Waals surface area contributed by atoms with Gasteiger partial charge in [-0.25, -0.2) is 0 Å². The van der Waals surface area contributed by atoms with Crippen molar-refractivity contribution in [1.82, 2.24) is 0 Å². The van der Waals surface area contributed by atoms with Gasteiger partial charge in [0.25, 0.3) is 0 Å². The highest BCUT2D eigenvalue weighted by Crippen LogP contribution is 2.53. The van der Waals surface area contributed by atoms with Crippen molar-refractivity contribution in [2.24, 2.45) is 0 Å². The first-order valence-corrected chi connectivity index (χ1v) is 5.10. The van der Waals surface area contributed by atoms with Gasteiger partial charge in [0.15, 0.2) is 0 Å². The molecule has 1 saturated heterocycles. The van der Waals surface area contributed by atoms with Gasteiger partial charge in [0.05, 0.1) is 0 Å². The third kappa shape index (κ3) is 1.07. The highest BCUT2D eigenvalue weighted by molar-refractivity contribution is 6.30. The summed E-state index contributed by atoms with van der Waals surface area (Å²) in [5.74, 6) is 0.862. The molecule has 3 rings (SSSR count). The van der Waals surface area contributed by atoms with Crippen LogP contribution in [-0.4, -0.2) is 11.7 Å². The van der Waals surface area contributed by atoms with E-state index in [1.807, 2.05) is 32.0 Å². The third-order valence-electron chi connectivity index (χ3n) is 2.83. The average molecular weight is 211 g/mol. The average Bonchev–Trinajstić information content (AvgIpc) is 2.82. The standard InChI is InChI=1S/C11H11ClO2/c1-11(2)10-9(13-10)7-4-3-6(12)5-8(7)14-11/h3-5,9-10H,1-2H3. The van der Waals surface area contributed by atoms with Crippen molar-refractivity contribution in [3.63, 3.8) is 0 Å². The molecule has 2 atom stereocenters. The van der Waals surface area contributed by atoms with Crippen LogP contribution in [0, 0.1) is 0 Å². The van der Waals surface area contributed by atoms with Gasteiger partial charge in [-0.2, -0.15) is 0 Å². The Balaban J connectivity index is 2.11.